The summed E-state index contributed by atoms with van der Waals surface area (Å²) in [5.41, 5.74) is 4.39. The Morgan fingerprint density at radius 1 is 0.964 bits per heavy atom. The van der Waals surface area contributed by atoms with Crippen LogP contribution in [0.2, 0.25) is 0 Å². The molecule has 1 aliphatic heterocycles. The van der Waals surface area contributed by atoms with Gasteiger partial charge in [-0.15, -0.1) is 6.58 Å². The SMILES string of the molecule is C=CCO[C@@H]1C[C@H](CN2CCC(c3ccccc3)CC2)CCc2ccccc21. The van der Waals surface area contributed by atoms with Gasteiger partial charge >= 0.3 is 0 Å². The van der Waals surface area contributed by atoms with E-state index in [9.17, 15) is 0 Å². The molecular formula is C26H33NO. The van der Waals surface area contributed by atoms with Crippen LogP contribution in [0.4, 0.5) is 0 Å². The Hall–Kier alpha value is -1.90. The lowest BCUT2D eigenvalue weighted by Gasteiger charge is -2.35. The molecule has 0 spiro atoms. The van der Waals surface area contributed by atoms with E-state index in [0.29, 0.717) is 12.5 Å². The van der Waals surface area contributed by atoms with Crippen LogP contribution in [-0.4, -0.2) is 31.1 Å². The maximum atomic E-state index is 6.20. The van der Waals surface area contributed by atoms with Crippen molar-refractivity contribution >= 4 is 0 Å². The van der Waals surface area contributed by atoms with E-state index in [1.165, 1.54) is 62.0 Å². The fourth-order valence-corrected chi connectivity index (χ4v) is 5.03. The van der Waals surface area contributed by atoms with Crippen molar-refractivity contribution in [3.05, 3.63) is 83.9 Å². The summed E-state index contributed by atoms with van der Waals surface area (Å²) in [6.07, 6.45) is 8.23. The minimum absolute atomic E-state index is 0.212. The zero-order valence-electron chi connectivity index (χ0n) is 16.9. The highest BCUT2D eigenvalue weighted by atomic mass is 16.5. The molecule has 0 amide bonds. The molecule has 2 aromatic rings. The molecule has 1 saturated heterocycles. The van der Waals surface area contributed by atoms with Crippen LogP contribution in [0.1, 0.15) is 54.4 Å². The molecule has 2 heteroatoms. The minimum atomic E-state index is 0.212. The fourth-order valence-electron chi connectivity index (χ4n) is 5.03. The third-order valence-electron chi connectivity index (χ3n) is 6.56. The molecule has 0 bridgehead atoms. The van der Waals surface area contributed by atoms with E-state index in [-0.39, 0.29) is 6.10 Å². The lowest BCUT2D eigenvalue weighted by Crippen LogP contribution is -2.37. The topological polar surface area (TPSA) is 12.5 Å². The minimum Gasteiger partial charge on any atom is -0.369 e. The summed E-state index contributed by atoms with van der Waals surface area (Å²) in [5.74, 6) is 1.44. The molecule has 0 aromatic heterocycles. The van der Waals surface area contributed by atoms with Crippen LogP contribution >= 0.6 is 0 Å². The average Bonchev–Trinajstić information content (AvgIpc) is 2.93. The Kier molecular flexibility index (Phi) is 6.61. The highest BCUT2D eigenvalue weighted by molar-refractivity contribution is 5.30. The largest absolute Gasteiger partial charge is 0.369 e. The van der Waals surface area contributed by atoms with Crippen LogP contribution in [0, 0.1) is 5.92 Å². The molecule has 0 radical (unpaired) electrons. The summed E-state index contributed by atoms with van der Waals surface area (Å²) >= 11 is 0. The predicted octanol–water partition coefficient (Wildman–Crippen LogP) is 5.76. The predicted molar refractivity (Wildman–Crippen MR) is 117 cm³/mol. The number of benzene rings is 2. The molecule has 1 aliphatic carbocycles. The van der Waals surface area contributed by atoms with Crippen LogP contribution < -0.4 is 0 Å². The Balaban J connectivity index is 1.35. The fraction of sp³-hybridized carbons (Fsp3) is 0.462. The first-order chi connectivity index (χ1) is 13.8. The quantitative estimate of drug-likeness (QED) is 0.470. The van der Waals surface area contributed by atoms with Crippen molar-refractivity contribution in [2.75, 3.05) is 26.2 Å². The number of piperidine rings is 1. The molecule has 2 nitrogen and oxygen atoms in total. The number of aryl methyl sites for hydroxylation is 1. The van der Waals surface area contributed by atoms with Crippen LogP contribution in [0.25, 0.3) is 0 Å². The van der Waals surface area contributed by atoms with Gasteiger partial charge in [0.15, 0.2) is 0 Å². The number of ether oxygens (including phenoxy) is 1. The first kappa shape index (κ1) is 19.4. The van der Waals surface area contributed by atoms with E-state index in [4.69, 9.17) is 4.74 Å². The van der Waals surface area contributed by atoms with Crippen molar-refractivity contribution in [3.8, 4) is 0 Å². The average molecular weight is 376 g/mol. The third kappa shape index (κ3) is 4.74. The highest BCUT2D eigenvalue weighted by Gasteiger charge is 2.28. The summed E-state index contributed by atoms with van der Waals surface area (Å²) in [4.78, 5) is 2.70. The summed E-state index contributed by atoms with van der Waals surface area (Å²) in [6, 6.07) is 19.9. The highest BCUT2D eigenvalue weighted by Crippen LogP contribution is 2.36. The molecule has 4 rings (SSSR count). The summed E-state index contributed by atoms with van der Waals surface area (Å²) in [6.45, 7) is 8.13. The number of hydrogen-bond acceptors (Lipinski definition) is 2. The number of likely N-dealkylation sites (tertiary alicyclic amines) is 1. The second-order valence-electron chi connectivity index (χ2n) is 8.44. The molecule has 148 valence electrons. The van der Waals surface area contributed by atoms with E-state index in [2.05, 4.69) is 66.1 Å². The van der Waals surface area contributed by atoms with Gasteiger partial charge in [-0.25, -0.2) is 0 Å². The molecule has 2 aromatic carbocycles. The lowest BCUT2D eigenvalue weighted by atomic mass is 9.88. The third-order valence-corrected chi connectivity index (χ3v) is 6.56. The van der Waals surface area contributed by atoms with Crippen molar-refractivity contribution in [1.82, 2.24) is 4.90 Å². The van der Waals surface area contributed by atoms with Gasteiger partial charge in [0.1, 0.15) is 0 Å². The number of nitrogens with zero attached hydrogens (tertiary/aromatic N) is 1. The smallest absolute Gasteiger partial charge is 0.0835 e. The van der Waals surface area contributed by atoms with Crippen molar-refractivity contribution < 1.29 is 4.74 Å². The molecule has 1 heterocycles. The van der Waals surface area contributed by atoms with Crippen LogP contribution in [-0.2, 0) is 11.2 Å². The zero-order chi connectivity index (χ0) is 19.2. The molecule has 0 unspecified atom stereocenters. The normalized spacial score (nSPS) is 23.7. The van der Waals surface area contributed by atoms with Gasteiger partial charge in [-0.1, -0.05) is 60.7 Å². The molecular weight excluding hydrogens is 342 g/mol. The van der Waals surface area contributed by atoms with Gasteiger partial charge in [-0.2, -0.15) is 0 Å². The molecule has 2 aliphatic rings. The second-order valence-corrected chi connectivity index (χ2v) is 8.44. The van der Waals surface area contributed by atoms with E-state index >= 15 is 0 Å². The maximum Gasteiger partial charge on any atom is 0.0835 e. The van der Waals surface area contributed by atoms with E-state index < -0.39 is 0 Å². The molecule has 0 N–H and O–H groups in total. The van der Waals surface area contributed by atoms with E-state index in [1.54, 1.807) is 0 Å². The van der Waals surface area contributed by atoms with Gasteiger partial charge in [-0.05, 0) is 73.7 Å². The van der Waals surface area contributed by atoms with Gasteiger partial charge in [-0.3, -0.25) is 0 Å². The number of fused-ring (bicyclic) bond motifs is 1. The molecule has 2 atom stereocenters. The van der Waals surface area contributed by atoms with Crippen molar-refractivity contribution in [1.29, 1.82) is 0 Å². The van der Waals surface area contributed by atoms with Crippen molar-refractivity contribution in [2.45, 2.75) is 44.1 Å². The van der Waals surface area contributed by atoms with Gasteiger partial charge in [0, 0.05) is 6.54 Å². The lowest BCUT2D eigenvalue weighted by molar-refractivity contribution is 0.0480. The molecule has 1 fully saturated rings. The van der Waals surface area contributed by atoms with Crippen molar-refractivity contribution in [2.24, 2.45) is 5.92 Å². The Labute approximate surface area is 170 Å². The number of hydrogen-bond donors (Lipinski definition) is 0. The second kappa shape index (κ2) is 9.54. The zero-order valence-corrected chi connectivity index (χ0v) is 16.9. The summed E-state index contributed by atoms with van der Waals surface area (Å²) < 4.78 is 6.20. The Bertz CT molecular complexity index is 748. The summed E-state index contributed by atoms with van der Waals surface area (Å²) in [5, 5.41) is 0. The van der Waals surface area contributed by atoms with Gasteiger partial charge in [0.05, 0.1) is 12.7 Å². The van der Waals surface area contributed by atoms with E-state index in [0.717, 1.165) is 12.3 Å². The summed E-state index contributed by atoms with van der Waals surface area (Å²) in [7, 11) is 0. The van der Waals surface area contributed by atoms with E-state index in [1.807, 2.05) is 6.08 Å². The standard InChI is InChI=1S/C26H33NO/c1-2-18-28-26-19-21(12-13-24-10-6-7-11-25(24)26)20-27-16-14-23(15-17-27)22-8-4-3-5-9-22/h2-11,21,23,26H,1,12-20H2/t21-,26-/m1/s1. The van der Waals surface area contributed by atoms with Gasteiger partial charge < -0.3 is 9.64 Å². The van der Waals surface area contributed by atoms with Gasteiger partial charge in [0.25, 0.3) is 0 Å². The first-order valence-electron chi connectivity index (χ1n) is 10.9. The van der Waals surface area contributed by atoms with Crippen LogP contribution in [0.5, 0.6) is 0 Å². The maximum absolute atomic E-state index is 6.20. The monoisotopic (exact) mass is 375 g/mol. The first-order valence-corrected chi connectivity index (χ1v) is 10.9. The molecule has 28 heavy (non-hydrogen) atoms. The number of rotatable bonds is 6. The van der Waals surface area contributed by atoms with Crippen molar-refractivity contribution in [3.63, 3.8) is 0 Å². The molecule has 0 saturated carbocycles. The Morgan fingerprint density at radius 2 is 1.71 bits per heavy atom. The van der Waals surface area contributed by atoms with Crippen LogP contribution in [0.3, 0.4) is 0 Å². The Morgan fingerprint density at radius 3 is 2.50 bits per heavy atom. The van der Waals surface area contributed by atoms with Crippen LogP contribution in [0.15, 0.2) is 67.3 Å². The van der Waals surface area contributed by atoms with Gasteiger partial charge in [0.2, 0.25) is 0 Å².